The van der Waals surface area contributed by atoms with Crippen molar-refractivity contribution in [3.05, 3.63) is 29.6 Å². The fraction of sp³-hybridized carbons (Fsp3) is 0.615. The van der Waals surface area contributed by atoms with E-state index in [1.54, 1.807) is 19.9 Å². The molecule has 4 N–H and O–H groups in total. The Bertz CT molecular complexity index is 369. The normalized spacial score (nSPS) is 17.5. The number of nitrogens with zero attached hydrogens (tertiary/aromatic N) is 1. The Morgan fingerprint density at radius 2 is 1.35 bits per heavy atom. The standard InChI is InChI=1S/C13H21NO6/c1-8(6-15)19-12(17)10-4-3-5-11(14-10)13(18)20-9(2)7-16/h3-5,8-9,12-13,15-18H,6-7H2,1-2H3. The van der Waals surface area contributed by atoms with Crippen LogP contribution in [0.15, 0.2) is 18.2 Å². The summed E-state index contributed by atoms with van der Waals surface area (Å²) < 4.78 is 10.2. The largest absolute Gasteiger partial charge is 0.394 e. The summed E-state index contributed by atoms with van der Waals surface area (Å²) >= 11 is 0. The Balaban J connectivity index is 2.74. The first-order valence-corrected chi connectivity index (χ1v) is 6.33. The van der Waals surface area contributed by atoms with E-state index in [9.17, 15) is 10.2 Å². The molecule has 4 unspecified atom stereocenters. The third-order valence-corrected chi connectivity index (χ3v) is 2.53. The highest BCUT2D eigenvalue weighted by Gasteiger charge is 2.17. The monoisotopic (exact) mass is 287 g/mol. The molecule has 0 aliphatic rings. The number of aromatic nitrogens is 1. The van der Waals surface area contributed by atoms with E-state index in [0.29, 0.717) is 0 Å². The summed E-state index contributed by atoms with van der Waals surface area (Å²) in [6.07, 6.45) is -3.68. The molecule has 1 rings (SSSR count). The van der Waals surface area contributed by atoms with Gasteiger partial charge in [0.2, 0.25) is 0 Å². The molecule has 0 aliphatic heterocycles. The molecule has 114 valence electrons. The number of aliphatic hydroxyl groups excluding tert-OH is 4. The van der Waals surface area contributed by atoms with E-state index >= 15 is 0 Å². The van der Waals surface area contributed by atoms with Crippen LogP contribution < -0.4 is 0 Å². The van der Waals surface area contributed by atoms with Crippen LogP contribution in [0.25, 0.3) is 0 Å². The van der Waals surface area contributed by atoms with E-state index in [1.807, 2.05) is 0 Å². The highest BCUT2D eigenvalue weighted by atomic mass is 16.6. The second kappa shape index (κ2) is 8.25. The lowest BCUT2D eigenvalue weighted by Crippen LogP contribution is -2.20. The van der Waals surface area contributed by atoms with Crippen LogP contribution in [0.3, 0.4) is 0 Å². The van der Waals surface area contributed by atoms with Crippen molar-refractivity contribution < 1.29 is 29.9 Å². The van der Waals surface area contributed by atoms with Crippen LogP contribution in [0.2, 0.25) is 0 Å². The molecule has 1 heterocycles. The molecule has 1 aromatic rings. The number of hydrogen-bond acceptors (Lipinski definition) is 7. The minimum Gasteiger partial charge on any atom is -0.394 e. The summed E-state index contributed by atoms with van der Waals surface area (Å²) in [5.41, 5.74) is 0.393. The van der Waals surface area contributed by atoms with Crippen molar-refractivity contribution in [3.63, 3.8) is 0 Å². The van der Waals surface area contributed by atoms with Gasteiger partial charge in [-0.05, 0) is 26.0 Å². The Kier molecular flexibility index (Phi) is 7.00. The molecule has 4 atom stereocenters. The Labute approximate surface area is 117 Å². The van der Waals surface area contributed by atoms with Gasteiger partial charge >= 0.3 is 0 Å². The molecule has 0 aromatic carbocycles. The zero-order valence-electron chi connectivity index (χ0n) is 11.5. The second-order valence-electron chi connectivity index (χ2n) is 4.45. The lowest BCUT2D eigenvalue weighted by atomic mass is 10.2. The van der Waals surface area contributed by atoms with Crippen LogP contribution >= 0.6 is 0 Å². The third-order valence-electron chi connectivity index (χ3n) is 2.53. The smallest absolute Gasteiger partial charge is 0.198 e. The maximum absolute atomic E-state index is 9.80. The van der Waals surface area contributed by atoms with Crippen LogP contribution in [0, 0.1) is 0 Å². The van der Waals surface area contributed by atoms with E-state index in [2.05, 4.69) is 4.98 Å². The summed E-state index contributed by atoms with van der Waals surface area (Å²) in [5, 5.41) is 37.3. The molecule has 0 bridgehead atoms. The maximum atomic E-state index is 9.80. The molecular formula is C13H21NO6. The average Bonchev–Trinajstić information content (AvgIpc) is 2.46. The van der Waals surface area contributed by atoms with Crippen molar-refractivity contribution in [3.8, 4) is 0 Å². The van der Waals surface area contributed by atoms with Crippen molar-refractivity contribution in [2.24, 2.45) is 0 Å². The van der Waals surface area contributed by atoms with E-state index in [4.69, 9.17) is 19.7 Å². The summed E-state index contributed by atoms with van der Waals surface area (Å²) in [4.78, 5) is 4.03. The van der Waals surface area contributed by atoms with Gasteiger partial charge in [-0.25, -0.2) is 4.98 Å². The fourth-order valence-corrected chi connectivity index (χ4v) is 1.41. The van der Waals surface area contributed by atoms with Gasteiger partial charge in [-0.15, -0.1) is 0 Å². The fourth-order valence-electron chi connectivity index (χ4n) is 1.41. The Morgan fingerprint density at radius 1 is 0.950 bits per heavy atom. The second-order valence-corrected chi connectivity index (χ2v) is 4.45. The van der Waals surface area contributed by atoms with Gasteiger partial charge in [0.05, 0.1) is 36.8 Å². The summed E-state index contributed by atoms with van der Waals surface area (Å²) in [6, 6.07) is 4.64. The molecule has 0 radical (unpaired) electrons. The SMILES string of the molecule is CC(CO)OC(O)c1cccc(C(O)OC(C)CO)n1. The first-order chi connectivity index (χ1) is 9.47. The van der Waals surface area contributed by atoms with Gasteiger partial charge in [0.1, 0.15) is 0 Å². The van der Waals surface area contributed by atoms with Gasteiger partial charge in [0.25, 0.3) is 0 Å². The molecule has 0 aliphatic carbocycles. The highest BCUT2D eigenvalue weighted by molar-refractivity contribution is 5.13. The predicted octanol–water partition coefficient (Wildman–Crippen LogP) is -0.142. The minimum atomic E-state index is -1.31. The molecule has 0 amide bonds. The maximum Gasteiger partial charge on any atom is 0.198 e. The van der Waals surface area contributed by atoms with E-state index in [-0.39, 0.29) is 24.6 Å². The topological polar surface area (TPSA) is 112 Å². The number of ether oxygens (including phenoxy) is 2. The Morgan fingerprint density at radius 3 is 1.70 bits per heavy atom. The minimum absolute atomic E-state index is 0.196. The summed E-state index contributed by atoms with van der Waals surface area (Å²) in [5.74, 6) is 0. The lowest BCUT2D eigenvalue weighted by molar-refractivity contribution is -0.152. The Hall–Kier alpha value is -1.09. The number of pyridine rings is 1. The van der Waals surface area contributed by atoms with Crippen LogP contribution in [0.4, 0.5) is 0 Å². The average molecular weight is 287 g/mol. The van der Waals surface area contributed by atoms with Crippen molar-refractivity contribution in [1.29, 1.82) is 0 Å². The van der Waals surface area contributed by atoms with Gasteiger partial charge in [0.15, 0.2) is 12.6 Å². The predicted molar refractivity (Wildman–Crippen MR) is 69.4 cm³/mol. The summed E-state index contributed by atoms with van der Waals surface area (Å²) in [6.45, 7) is 2.76. The van der Waals surface area contributed by atoms with Crippen LogP contribution in [0.1, 0.15) is 37.8 Å². The first-order valence-electron chi connectivity index (χ1n) is 6.33. The van der Waals surface area contributed by atoms with Gasteiger partial charge in [-0.2, -0.15) is 0 Å². The molecule has 1 aromatic heterocycles. The van der Waals surface area contributed by atoms with Gasteiger partial charge in [-0.3, -0.25) is 0 Å². The molecule has 0 spiro atoms. The number of aliphatic hydroxyl groups is 4. The van der Waals surface area contributed by atoms with E-state index in [0.717, 1.165) is 0 Å². The molecule has 0 fully saturated rings. The molecular weight excluding hydrogens is 266 g/mol. The molecule has 7 nitrogen and oxygen atoms in total. The molecule has 7 heteroatoms. The quantitative estimate of drug-likeness (QED) is 0.492. The summed E-state index contributed by atoms with van der Waals surface area (Å²) in [7, 11) is 0. The zero-order valence-corrected chi connectivity index (χ0v) is 11.5. The van der Waals surface area contributed by atoms with Crippen molar-refractivity contribution >= 4 is 0 Å². The number of rotatable bonds is 8. The third kappa shape index (κ3) is 5.12. The van der Waals surface area contributed by atoms with Gasteiger partial charge < -0.3 is 29.9 Å². The van der Waals surface area contributed by atoms with Crippen molar-refractivity contribution in [2.75, 3.05) is 13.2 Å². The molecule has 0 saturated carbocycles. The molecule has 20 heavy (non-hydrogen) atoms. The van der Waals surface area contributed by atoms with Crippen LogP contribution in [0.5, 0.6) is 0 Å². The van der Waals surface area contributed by atoms with Crippen LogP contribution in [-0.4, -0.2) is 50.8 Å². The lowest BCUT2D eigenvalue weighted by Gasteiger charge is -2.19. The van der Waals surface area contributed by atoms with Gasteiger partial charge in [0, 0.05) is 0 Å². The highest BCUT2D eigenvalue weighted by Crippen LogP contribution is 2.19. The van der Waals surface area contributed by atoms with Gasteiger partial charge in [-0.1, -0.05) is 6.07 Å². The van der Waals surface area contributed by atoms with Crippen LogP contribution in [-0.2, 0) is 9.47 Å². The van der Waals surface area contributed by atoms with Crippen molar-refractivity contribution in [1.82, 2.24) is 4.98 Å². The van der Waals surface area contributed by atoms with E-state index in [1.165, 1.54) is 12.1 Å². The van der Waals surface area contributed by atoms with Crippen molar-refractivity contribution in [2.45, 2.75) is 38.6 Å². The van der Waals surface area contributed by atoms with E-state index < -0.39 is 24.8 Å². The zero-order chi connectivity index (χ0) is 15.1. The first kappa shape index (κ1) is 17.0. The molecule has 0 saturated heterocycles. The number of hydrogen-bond donors (Lipinski definition) is 4.